The van der Waals surface area contributed by atoms with Gasteiger partial charge in [-0.3, -0.25) is 0 Å². The van der Waals surface area contributed by atoms with E-state index in [1.54, 1.807) is 0 Å². The van der Waals surface area contributed by atoms with Crippen molar-refractivity contribution in [1.29, 1.82) is 0 Å². The molecule has 0 fully saturated rings. The average molecular weight is 207 g/mol. The van der Waals surface area contributed by atoms with Crippen LogP contribution in [-0.4, -0.2) is 23.9 Å². The normalized spacial score (nSPS) is 8.57. The third-order valence-electron chi connectivity index (χ3n) is 0.866. The Bertz CT molecular complexity index is 25.4. The summed E-state index contributed by atoms with van der Waals surface area (Å²) >= 11 is 0. The van der Waals surface area contributed by atoms with Gasteiger partial charge in [0.05, 0.1) is 0 Å². The Morgan fingerprint density at radius 1 is 1.29 bits per heavy atom. The van der Waals surface area contributed by atoms with Gasteiger partial charge < -0.3 is 0 Å². The van der Waals surface area contributed by atoms with E-state index in [0.29, 0.717) is 0 Å². The van der Waals surface area contributed by atoms with Crippen LogP contribution in [0.15, 0.2) is 0 Å². The monoisotopic (exact) mass is 208 g/mol. The van der Waals surface area contributed by atoms with Gasteiger partial charge in [-0.1, -0.05) is 33.6 Å². The van der Waals surface area contributed by atoms with Gasteiger partial charge in [0, 0.05) is 0 Å². The molecule has 0 bridgehead atoms. The molecule has 0 unspecified atom stereocenters. The van der Waals surface area contributed by atoms with Crippen molar-refractivity contribution >= 4 is 23.9 Å². The minimum absolute atomic E-state index is 0. The van der Waals surface area contributed by atoms with Gasteiger partial charge in [-0.2, -0.15) is 0 Å². The molecule has 1 heteroatoms. The topological polar surface area (TPSA) is 0 Å². The van der Waals surface area contributed by atoms with Crippen LogP contribution in [0.4, 0.5) is 0 Å². The van der Waals surface area contributed by atoms with Gasteiger partial charge in [0.1, 0.15) is 0 Å². The Balaban J connectivity index is 0. The van der Waals surface area contributed by atoms with Crippen molar-refractivity contribution in [2.24, 2.45) is 5.92 Å². The first-order valence-corrected chi connectivity index (χ1v) is 2.77. The quantitative estimate of drug-likeness (QED) is 0.602. The first kappa shape index (κ1) is 10.7. The predicted octanol–water partition coefficient (Wildman–Crippen LogP) is 1.53. The van der Waals surface area contributed by atoms with Crippen LogP contribution in [0.3, 0.4) is 0 Å². The van der Waals surface area contributed by atoms with Crippen molar-refractivity contribution in [2.75, 3.05) is 0 Å². The zero-order valence-electron chi connectivity index (χ0n) is 5.70. The van der Waals surface area contributed by atoms with E-state index in [-0.39, 0.29) is 23.9 Å². The van der Waals surface area contributed by atoms with Crippen LogP contribution in [-0.2, 0) is 0 Å². The molecule has 0 rings (SSSR count). The molecule has 0 saturated carbocycles. The molecule has 0 saturated heterocycles. The van der Waals surface area contributed by atoms with E-state index in [0.717, 1.165) is 5.92 Å². The zero-order valence-corrected chi connectivity index (χ0v) is 9.73. The third kappa shape index (κ3) is 10.8. The second kappa shape index (κ2) is 6.80. The Labute approximate surface area is 63.6 Å². The molecule has 0 aliphatic heterocycles. The van der Waals surface area contributed by atoms with Crippen LogP contribution in [0.2, 0.25) is 0 Å². The van der Waals surface area contributed by atoms with Crippen molar-refractivity contribution in [3.8, 4) is 0 Å². The van der Waals surface area contributed by atoms with Gasteiger partial charge in [-0.05, 0) is 5.92 Å². The summed E-state index contributed by atoms with van der Waals surface area (Å²) in [5, 5.41) is 0. The van der Waals surface area contributed by atoms with Crippen LogP contribution in [0, 0.1) is 5.92 Å². The third-order valence-corrected chi connectivity index (χ3v) is 0.866. The Morgan fingerprint density at radius 2 is 1.71 bits per heavy atom. The maximum absolute atomic E-state index is 2.25. The molecule has 0 N–H and O–H groups in total. The maximum atomic E-state index is 2.25. The SMILES string of the molecule is CCCC(C)C.[SnH2]. The van der Waals surface area contributed by atoms with Gasteiger partial charge in [-0.15, -0.1) is 0 Å². The minimum atomic E-state index is 0. The fourth-order valence-corrected chi connectivity index (χ4v) is 0.577. The molecule has 0 aliphatic carbocycles. The molecule has 44 valence electrons. The molecule has 0 aromatic rings. The number of hydrogen-bond donors (Lipinski definition) is 0. The van der Waals surface area contributed by atoms with Crippen molar-refractivity contribution in [3.05, 3.63) is 0 Å². The Kier molecular flexibility index (Phi) is 10.4. The Hall–Kier alpha value is 0.799. The summed E-state index contributed by atoms with van der Waals surface area (Å²) in [5.41, 5.74) is 0. The van der Waals surface area contributed by atoms with E-state index in [1.165, 1.54) is 12.8 Å². The van der Waals surface area contributed by atoms with Crippen molar-refractivity contribution in [1.82, 2.24) is 0 Å². The molecule has 2 radical (unpaired) electrons. The van der Waals surface area contributed by atoms with E-state index < -0.39 is 0 Å². The summed E-state index contributed by atoms with van der Waals surface area (Å²) in [5.74, 6) is 0.898. The average Bonchev–Trinajstić information content (AvgIpc) is 1.35. The fourth-order valence-electron chi connectivity index (χ4n) is 0.577. The molecule has 0 aromatic carbocycles. The standard InChI is InChI=1S/C6H14.Sn.2H/c1-4-5-6(2)3;;;/h6H,4-5H2,1-3H3;;;. The van der Waals surface area contributed by atoms with Gasteiger partial charge in [0.2, 0.25) is 0 Å². The summed E-state index contributed by atoms with van der Waals surface area (Å²) in [7, 11) is 0. The first-order chi connectivity index (χ1) is 2.77. The van der Waals surface area contributed by atoms with Crippen LogP contribution in [0.25, 0.3) is 0 Å². The summed E-state index contributed by atoms with van der Waals surface area (Å²) in [6, 6.07) is 0. The van der Waals surface area contributed by atoms with Crippen LogP contribution in [0.1, 0.15) is 33.6 Å². The van der Waals surface area contributed by atoms with E-state index in [1.807, 2.05) is 0 Å². The predicted molar refractivity (Wildman–Crippen MR) is 38.3 cm³/mol. The molecule has 0 heterocycles. The molecule has 7 heavy (non-hydrogen) atoms. The van der Waals surface area contributed by atoms with Crippen molar-refractivity contribution in [3.63, 3.8) is 0 Å². The zero-order chi connectivity index (χ0) is 4.99. The van der Waals surface area contributed by atoms with E-state index in [9.17, 15) is 0 Å². The van der Waals surface area contributed by atoms with E-state index in [2.05, 4.69) is 20.8 Å². The van der Waals surface area contributed by atoms with Crippen LogP contribution >= 0.6 is 0 Å². The molecule has 0 aliphatic rings. The van der Waals surface area contributed by atoms with E-state index in [4.69, 9.17) is 0 Å². The summed E-state index contributed by atoms with van der Waals surface area (Å²) in [4.78, 5) is 0. The molecule has 0 amide bonds. The summed E-state index contributed by atoms with van der Waals surface area (Å²) in [6.07, 6.45) is 2.71. The van der Waals surface area contributed by atoms with Crippen LogP contribution in [0.5, 0.6) is 0 Å². The molecule has 0 nitrogen and oxygen atoms in total. The number of rotatable bonds is 2. The second-order valence-corrected chi connectivity index (χ2v) is 2.18. The molecule has 0 atom stereocenters. The molecule has 0 spiro atoms. The van der Waals surface area contributed by atoms with Gasteiger partial charge in [0.15, 0.2) is 0 Å². The molecular weight excluding hydrogens is 191 g/mol. The number of hydrogen-bond acceptors (Lipinski definition) is 0. The van der Waals surface area contributed by atoms with Gasteiger partial charge in [0.25, 0.3) is 0 Å². The Morgan fingerprint density at radius 3 is 1.71 bits per heavy atom. The second-order valence-electron chi connectivity index (χ2n) is 2.18. The molecule has 0 aromatic heterocycles. The van der Waals surface area contributed by atoms with Crippen LogP contribution < -0.4 is 0 Å². The van der Waals surface area contributed by atoms with E-state index >= 15 is 0 Å². The summed E-state index contributed by atoms with van der Waals surface area (Å²) in [6.45, 7) is 6.73. The first-order valence-electron chi connectivity index (χ1n) is 2.77. The fraction of sp³-hybridized carbons (Fsp3) is 1.00. The summed E-state index contributed by atoms with van der Waals surface area (Å²) < 4.78 is 0. The van der Waals surface area contributed by atoms with Crippen molar-refractivity contribution < 1.29 is 0 Å². The molecular formula is C6H16Sn. The van der Waals surface area contributed by atoms with Gasteiger partial charge >= 0.3 is 23.9 Å². The van der Waals surface area contributed by atoms with Gasteiger partial charge in [-0.25, -0.2) is 0 Å². The van der Waals surface area contributed by atoms with Crippen molar-refractivity contribution in [2.45, 2.75) is 33.6 Å².